The molecule has 1 aromatic carbocycles. The number of ether oxygens (including phenoxy) is 1. The normalized spacial score (nSPS) is 26.9. The van der Waals surface area contributed by atoms with Crippen LogP contribution in [0.1, 0.15) is 24.8 Å². The lowest BCUT2D eigenvalue weighted by Crippen LogP contribution is -2.44. The number of carbonyl (C=O) groups excluding carboxylic acids is 1. The number of hydrogen-bond acceptors (Lipinski definition) is 3. The molecule has 0 aromatic heterocycles. The molecule has 1 saturated heterocycles. The number of hydrogen-bond donors (Lipinski definition) is 1. The molecule has 1 amide bonds. The van der Waals surface area contributed by atoms with E-state index in [-0.39, 0.29) is 18.4 Å². The number of likely N-dealkylation sites (tertiary alicyclic amines) is 1. The summed E-state index contributed by atoms with van der Waals surface area (Å²) in [7, 11) is 0. The summed E-state index contributed by atoms with van der Waals surface area (Å²) >= 11 is 0. The van der Waals surface area contributed by atoms with Crippen LogP contribution >= 0.6 is 0 Å². The van der Waals surface area contributed by atoms with Crippen LogP contribution in [0.25, 0.3) is 0 Å². The van der Waals surface area contributed by atoms with Crippen molar-refractivity contribution in [2.45, 2.75) is 31.9 Å². The molecule has 1 N–H and O–H groups in total. The molecule has 22 heavy (non-hydrogen) atoms. The third-order valence-corrected chi connectivity index (χ3v) is 4.80. The van der Waals surface area contributed by atoms with Crippen molar-refractivity contribution in [2.24, 2.45) is 11.8 Å². The topological polar surface area (TPSA) is 66.8 Å². The molecule has 0 bridgehead atoms. The maximum atomic E-state index is 12.3. The second-order valence-electron chi connectivity index (χ2n) is 6.16. The average Bonchev–Trinajstić information content (AvgIpc) is 3.08. The maximum absolute atomic E-state index is 12.3. The Morgan fingerprint density at radius 3 is 2.73 bits per heavy atom. The van der Waals surface area contributed by atoms with Crippen molar-refractivity contribution in [3.8, 4) is 0 Å². The fourth-order valence-electron chi connectivity index (χ4n) is 3.79. The highest BCUT2D eigenvalue weighted by Crippen LogP contribution is 2.42. The number of aliphatic carboxylic acids is 1. The largest absolute Gasteiger partial charge is 0.480 e. The van der Waals surface area contributed by atoms with Crippen molar-refractivity contribution in [2.75, 3.05) is 13.2 Å². The van der Waals surface area contributed by atoms with Crippen LogP contribution in [-0.2, 0) is 20.9 Å². The van der Waals surface area contributed by atoms with E-state index >= 15 is 0 Å². The molecule has 1 aliphatic carbocycles. The summed E-state index contributed by atoms with van der Waals surface area (Å²) in [6, 6.07) is 8.97. The molecule has 5 nitrogen and oxygen atoms in total. The minimum atomic E-state index is -0.884. The number of benzene rings is 1. The highest BCUT2D eigenvalue weighted by atomic mass is 16.5. The molecule has 5 heteroatoms. The fourth-order valence-corrected chi connectivity index (χ4v) is 3.79. The van der Waals surface area contributed by atoms with Gasteiger partial charge in [0, 0.05) is 6.54 Å². The molecule has 3 atom stereocenters. The quantitative estimate of drug-likeness (QED) is 0.902. The van der Waals surface area contributed by atoms with Crippen LogP contribution in [0.4, 0.5) is 0 Å². The molecule has 0 radical (unpaired) electrons. The highest BCUT2D eigenvalue weighted by molar-refractivity contribution is 5.85. The van der Waals surface area contributed by atoms with Crippen LogP contribution in [0.5, 0.6) is 0 Å². The lowest BCUT2D eigenvalue weighted by molar-refractivity contribution is -0.151. The van der Waals surface area contributed by atoms with Crippen molar-refractivity contribution in [3.63, 3.8) is 0 Å². The highest BCUT2D eigenvalue weighted by Gasteiger charge is 2.49. The van der Waals surface area contributed by atoms with Gasteiger partial charge in [-0.1, -0.05) is 36.8 Å². The van der Waals surface area contributed by atoms with Crippen molar-refractivity contribution in [1.82, 2.24) is 4.90 Å². The van der Waals surface area contributed by atoms with E-state index in [0.717, 1.165) is 24.8 Å². The Morgan fingerprint density at radius 1 is 1.23 bits per heavy atom. The Bertz CT molecular complexity index is 545. The van der Waals surface area contributed by atoms with Gasteiger partial charge in [0.15, 0.2) is 0 Å². The van der Waals surface area contributed by atoms with Crippen LogP contribution < -0.4 is 0 Å². The first kappa shape index (κ1) is 15.0. The number of carbonyl (C=O) groups is 2. The molecule has 2 aliphatic rings. The first-order valence-electron chi connectivity index (χ1n) is 7.81. The molecular formula is C17H21NO4. The van der Waals surface area contributed by atoms with Gasteiger partial charge in [0.05, 0.1) is 6.61 Å². The van der Waals surface area contributed by atoms with Crippen molar-refractivity contribution >= 4 is 11.9 Å². The lowest BCUT2D eigenvalue weighted by Gasteiger charge is -2.24. The van der Waals surface area contributed by atoms with E-state index in [9.17, 15) is 14.7 Å². The Morgan fingerprint density at radius 2 is 2.00 bits per heavy atom. The first-order valence-corrected chi connectivity index (χ1v) is 7.81. The Hall–Kier alpha value is -1.88. The zero-order valence-corrected chi connectivity index (χ0v) is 12.5. The van der Waals surface area contributed by atoms with Gasteiger partial charge >= 0.3 is 5.97 Å². The summed E-state index contributed by atoms with van der Waals surface area (Å²) in [5.41, 5.74) is 1.00. The van der Waals surface area contributed by atoms with E-state index in [1.54, 1.807) is 0 Å². The standard InChI is InChI=1S/C17H21NO4/c19-15(11-22-10-12-5-2-1-3-6-12)18-9-13-7-4-8-14(13)16(18)17(20)21/h1-3,5-6,13-14,16H,4,7-11H2,(H,20,21). The summed E-state index contributed by atoms with van der Waals surface area (Å²) < 4.78 is 5.46. The third-order valence-electron chi connectivity index (χ3n) is 4.80. The van der Waals surface area contributed by atoms with Gasteiger partial charge in [-0.25, -0.2) is 4.79 Å². The van der Waals surface area contributed by atoms with Gasteiger partial charge in [-0.3, -0.25) is 4.79 Å². The van der Waals surface area contributed by atoms with Gasteiger partial charge in [0.2, 0.25) is 5.91 Å². The summed E-state index contributed by atoms with van der Waals surface area (Å²) in [6.07, 6.45) is 3.02. The smallest absolute Gasteiger partial charge is 0.326 e. The van der Waals surface area contributed by atoms with Crippen LogP contribution in [0.15, 0.2) is 30.3 Å². The summed E-state index contributed by atoms with van der Waals surface area (Å²) in [5.74, 6) is -0.627. The second-order valence-corrected chi connectivity index (χ2v) is 6.16. The monoisotopic (exact) mass is 303 g/mol. The molecular weight excluding hydrogens is 282 g/mol. The van der Waals surface area contributed by atoms with Crippen LogP contribution in [0.2, 0.25) is 0 Å². The van der Waals surface area contributed by atoms with Crippen LogP contribution in [-0.4, -0.2) is 41.1 Å². The molecule has 1 saturated carbocycles. The van der Waals surface area contributed by atoms with E-state index < -0.39 is 12.0 Å². The Kier molecular flexibility index (Phi) is 4.43. The molecule has 1 aliphatic heterocycles. The van der Waals surface area contributed by atoms with E-state index in [0.29, 0.717) is 19.1 Å². The molecule has 3 unspecified atom stereocenters. The van der Waals surface area contributed by atoms with Crippen LogP contribution in [0.3, 0.4) is 0 Å². The summed E-state index contributed by atoms with van der Waals surface area (Å²) in [4.78, 5) is 25.4. The van der Waals surface area contributed by atoms with E-state index in [1.807, 2.05) is 30.3 Å². The Labute approximate surface area is 129 Å². The van der Waals surface area contributed by atoms with Gasteiger partial charge in [-0.05, 0) is 30.2 Å². The average molecular weight is 303 g/mol. The van der Waals surface area contributed by atoms with E-state index in [1.165, 1.54) is 4.90 Å². The zero-order chi connectivity index (χ0) is 15.5. The van der Waals surface area contributed by atoms with E-state index in [4.69, 9.17) is 4.74 Å². The molecule has 1 aromatic rings. The van der Waals surface area contributed by atoms with Crippen molar-refractivity contribution in [1.29, 1.82) is 0 Å². The number of fused-ring (bicyclic) bond motifs is 1. The number of rotatable bonds is 5. The predicted molar refractivity (Wildman–Crippen MR) is 80.1 cm³/mol. The maximum Gasteiger partial charge on any atom is 0.326 e. The van der Waals surface area contributed by atoms with E-state index in [2.05, 4.69) is 0 Å². The van der Waals surface area contributed by atoms with Gasteiger partial charge in [-0.15, -0.1) is 0 Å². The number of carboxylic acid groups (broad SMARTS) is 1. The minimum absolute atomic E-state index is 0.0574. The number of amides is 1. The predicted octanol–water partition coefficient (Wildman–Crippen LogP) is 1.91. The molecule has 2 fully saturated rings. The van der Waals surface area contributed by atoms with Gasteiger partial charge < -0.3 is 14.7 Å². The molecule has 1 heterocycles. The van der Waals surface area contributed by atoms with Gasteiger partial charge in [0.1, 0.15) is 12.6 Å². The SMILES string of the molecule is O=C(O)C1C2CCCC2CN1C(=O)COCc1ccccc1. The molecule has 118 valence electrons. The van der Waals surface area contributed by atoms with Gasteiger partial charge in [0.25, 0.3) is 0 Å². The van der Waals surface area contributed by atoms with Crippen molar-refractivity contribution in [3.05, 3.63) is 35.9 Å². The second kappa shape index (κ2) is 6.48. The number of carboxylic acids is 1. The molecule has 3 rings (SSSR count). The molecule has 0 spiro atoms. The first-order chi connectivity index (χ1) is 10.7. The van der Waals surface area contributed by atoms with Crippen LogP contribution in [0, 0.1) is 11.8 Å². The minimum Gasteiger partial charge on any atom is -0.480 e. The third kappa shape index (κ3) is 2.99. The van der Waals surface area contributed by atoms with Gasteiger partial charge in [-0.2, -0.15) is 0 Å². The zero-order valence-electron chi connectivity index (χ0n) is 12.5. The van der Waals surface area contributed by atoms with Crippen molar-refractivity contribution < 1.29 is 19.4 Å². The number of nitrogens with zero attached hydrogens (tertiary/aromatic N) is 1. The summed E-state index contributed by atoms with van der Waals surface area (Å²) in [5, 5.41) is 9.45. The fraction of sp³-hybridized carbons (Fsp3) is 0.529. The Balaban J connectivity index is 1.56. The summed E-state index contributed by atoms with van der Waals surface area (Å²) in [6.45, 7) is 0.873. The lowest BCUT2D eigenvalue weighted by atomic mass is 9.94.